The van der Waals surface area contributed by atoms with Gasteiger partial charge in [0.2, 0.25) is 12.1 Å². The van der Waals surface area contributed by atoms with E-state index in [1.54, 1.807) is 6.92 Å². The maximum absolute atomic E-state index is 13.9. The first kappa shape index (κ1) is 18.9. The van der Waals surface area contributed by atoms with Gasteiger partial charge in [0.15, 0.2) is 0 Å². The van der Waals surface area contributed by atoms with Crippen molar-refractivity contribution in [2.75, 3.05) is 6.61 Å². The Morgan fingerprint density at radius 3 is 2.56 bits per heavy atom. The fourth-order valence-electron chi connectivity index (χ4n) is 3.17. The molecule has 1 aliphatic heterocycles. The molecular weight excluding hydrogens is 329 g/mol. The maximum Gasteiger partial charge on any atom is 0.416 e. The van der Waals surface area contributed by atoms with Crippen LogP contribution >= 0.6 is 0 Å². The molecule has 1 saturated heterocycles. The number of carboxylic acids is 1. The van der Waals surface area contributed by atoms with E-state index in [1.807, 2.05) is 30.3 Å². The van der Waals surface area contributed by atoms with Gasteiger partial charge in [-0.1, -0.05) is 44.2 Å². The predicted octanol–water partition coefficient (Wildman–Crippen LogP) is 2.66. The molecule has 0 aromatic heterocycles. The van der Waals surface area contributed by atoms with Gasteiger partial charge in [0.05, 0.1) is 6.04 Å². The Hall–Kier alpha value is -2.44. The molecule has 2 rings (SSSR count). The molecule has 1 N–H and O–H groups in total. The van der Waals surface area contributed by atoms with E-state index < -0.39 is 42.0 Å². The summed E-state index contributed by atoms with van der Waals surface area (Å²) in [5.41, 5.74) is 0.942. The first-order valence-electron chi connectivity index (χ1n) is 8.27. The Morgan fingerprint density at radius 1 is 1.36 bits per heavy atom. The molecule has 6 nitrogen and oxygen atoms in total. The molecule has 0 saturated carbocycles. The fourth-order valence-corrected chi connectivity index (χ4v) is 3.17. The van der Waals surface area contributed by atoms with Crippen molar-refractivity contribution in [1.82, 2.24) is 4.90 Å². The average molecular weight is 351 g/mol. The molecule has 4 atom stereocenters. The van der Waals surface area contributed by atoms with E-state index in [9.17, 15) is 18.8 Å². The minimum Gasteiger partial charge on any atom is -0.479 e. The zero-order valence-corrected chi connectivity index (χ0v) is 14.2. The Bertz CT molecular complexity index is 636. The molecule has 2 amide bonds. The summed E-state index contributed by atoms with van der Waals surface area (Å²) in [6.45, 7) is 3.14. The number of rotatable bonds is 7. The third-order valence-electron chi connectivity index (χ3n) is 4.63. The zero-order chi connectivity index (χ0) is 18.6. The van der Waals surface area contributed by atoms with E-state index in [2.05, 4.69) is 0 Å². The largest absolute Gasteiger partial charge is 0.479 e. The summed E-state index contributed by atoms with van der Waals surface area (Å²) in [6, 6.07) is 8.86. The summed E-state index contributed by atoms with van der Waals surface area (Å²) < 4.78 is 18.9. The molecule has 0 spiro atoms. The van der Waals surface area contributed by atoms with Crippen LogP contribution in [0.25, 0.3) is 0 Å². The van der Waals surface area contributed by atoms with E-state index in [0.717, 1.165) is 10.5 Å². The molecule has 1 aromatic carbocycles. The van der Waals surface area contributed by atoms with E-state index in [4.69, 9.17) is 9.84 Å². The molecule has 7 heteroatoms. The SMILES string of the molecule is CC[C@H](C(C)C(=O)N1C(=O)OC[C@@H]1Cc1ccccc1)[C@H](F)C(=O)O. The number of hydrogen-bond donors (Lipinski definition) is 1. The normalized spacial score (nSPS) is 20.7. The van der Waals surface area contributed by atoms with Crippen molar-refractivity contribution in [3.05, 3.63) is 35.9 Å². The third-order valence-corrected chi connectivity index (χ3v) is 4.63. The molecule has 1 heterocycles. The van der Waals surface area contributed by atoms with Crippen LogP contribution in [0.5, 0.6) is 0 Å². The highest BCUT2D eigenvalue weighted by atomic mass is 19.1. The number of nitrogens with zero attached hydrogens (tertiary/aromatic N) is 1. The molecule has 0 radical (unpaired) electrons. The zero-order valence-electron chi connectivity index (χ0n) is 14.2. The summed E-state index contributed by atoms with van der Waals surface area (Å²) in [4.78, 5) is 36.7. The number of benzene rings is 1. The van der Waals surface area contributed by atoms with Gasteiger partial charge >= 0.3 is 12.1 Å². The quantitative estimate of drug-likeness (QED) is 0.816. The van der Waals surface area contributed by atoms with Crippen LogP contribution in [0.1, 0.15) is 25.8 Å². The number of ether oxygens (including phenoxy) is 1. The van der Waals surface area contributed by atoms with Gasteiger partial charge in [0.25, 0.3) is 0 Å². The average Bonchev–Trinajstić information content (AvgIpc) is 2.95. The second-order valence-corrected chi connectivity index (χ2v) is 6.23. The van der Waals surface area contributed by atoms with Crippen molar-refractivity contribution < 1.29 is 28.6 Å². The first-order valence-corrected chi connectivity index (χ1v) is 8.27. The molecule has 1 aromatic rings. The lowest BCUT2D eigenvalue weighted by Crippen LogP contribution is -2.46. The van der Waals surface area contributed by atoms with Gasteiger partial charge in [-0.3, -0.25) is 4.79 Å². The monoisotopic (exact) mass is 351 g/mol. The summed E-state index contributed by atoms with van der Waals surface area (Å²) in [5.74, 6) is -4.15. The van der Waals surface area contributed by atoms with E-state index in [1.165, 1.54) is 6.92 Å². The number of alkyl halides is 1. The van der Waals surface area contributed by atoms with Gasteiger partial charge in [-0.05, 0) is 18.4 Å². The molecule has 1 fully saturated rings. The van der Waals surface area contributed by atoms with Gasteiger partial charge in [0, 0.05) is 11.8 Å². The van der Waals surface area contributed by atoms with Crippen LogP contribution in [0, 0.1) is 11.8 Å². The van der Waals surface area contributed by atoms with Crippen LogP contribution in [0.15, 0.2) is 30.3 Å². The highest BCUT2D eigenvalue weighted by molar-refractivity contribution is 5.95. The molecule has 1 unspecified atom stereocenters. The number of carbonyl (C=O) groups is 3. The molecule has 0 aliphatic carbocycles. The van der Waals surface area contributed by atoms with Crippen molar-refractivity contribution in [1.29, 1.82) is 0 Å². The highest BCUT2D eigenvalue weighted by Gasteiger charge is 2.43. The van der Waals surface area contributed by atoms with E-state index >= 15 is 0 Å². The molecular formula is C18H22FNO5. The second-order valence-electron chi connectivity index (χ2n) is 6.23. The van der Waals surface area contributed by atoms with Crippen molar-refractivity contribution in [3.63, 3.8) is 0 Å². The minimum atomic E-state index is -2.16. The number of cyclic esters (lactones) is 1. The predicted molar refractivity (Wildman–Crippen MR) is 87.6 cm³/mol. The summed E-state index contributed by atoms with van der Waals surface area (Å²) in [6.07, 6.45) is -2.32. The molecule has 136 valence electrons. The van der Waals surface area contributed by atoms with E-state index in [0.29, 0.717) is 6.42 Å². The number of imide groups is 1. The lowest BCUT2D eigenvalue weighted by atomic mass is 9.86. The smallest absolute Gasteiger partial charge is 0.416 e. The standard InChI is InChI=1S/C18H22FNO5/c1-3-14(15(19)17(22)23)11(2)16(21)20-13(10-25-18(20)24)9-12-7-5-4-6-8-12/h4-8,11,13-15H,3,9-10H2,1-2H3,(H,22,23)/t11?,13-,14+,15-/m0/s1. The second kappa shape index (κ2) is 8.09. The van der Waals surface area contributed by atoms with Crippen LogP contribution in [0.3, 0.4) is 0 Å². The molecule has 25 heavy (non-hydrogen) atoms. The van der Waals surface area contributed by atoms with Crippen molar-refractivity contribution in [2.24, 2.45) is 11.8 Å². The topological polar surface area (TPSA) is 83.9 Å². The summed E-state index contributed by atoms with van der Waals surface area (Å²) >= 11 is 0. The van der Waals surface area contributed by atoms with Crippen LogP contribution < -0.4 is 0 Å². The first-order chi connectivity index (χ1) is 11.9. The van der Waals surface area contributed by atoms with Gasteiger partial charge in [-0.15, -0.1) is 0 Å². The number of hydrogen-bond acceptors (Lipinski definition) is 4. The van der Waals surface area contributed by atoms with Crippen molar-refractivity contribution in [2.45, 2.75) is 38.9 Å². The van der Waals surface area contributed by atoms with Gasteiger partial charge in [-0.25, -0.2) is 18.9 Å². The lowest BCUT2D eigenvalue weighted by molar-refractivity contribution is -0.147. The highest BCUT2D eigenvalue weighted by Crippen LogP contribution is 2.28. The van der Waals surface area contributed by atoms with Gasteiger partial charge in [-0.2, -0.15) is 0 Å². The number of amides is 2. The molecule has 1 aliphatic rings. The minimum absolute atomic E-state index is 0.0704. The van der Waals surface area contributed by atoms with Crippen LogP contribution in [0.4, 0.5) is 9.18 Å². The Labute approximate surface area is 145 Å². The maximum atomic E-state index is 13.9. The number of carboxylic acid groups (broad SMARTS) is 1. The Morgan fingerprint density at radius 2 is 2.00 bits per heavy atom. The lowest BCUT2D eigenvalue weighted by Gasteiger charge is -2.28. The van der Waals surface area contributed by atoms with Crippen LogP contribution in [0.2, 0.25) is 0 Å². The van der Waals surface area contributed by atoms with Crippen LogP contribution in [-0.2, 0) is 20.7 Å². The number of carbonyl (C=O) groups excluding carboxylic acids is 2. The summed E-state index contributed by atoms with van der Waals surface area (Å²) in [5, 5.41) is 8.89. The fraction of sp³-hybridized carbons (Fsp3) is 0.500. The Kier molecular flexibility index (Phi) is 6.12. The molecule has 0 bridgehead atoms. The van der Waals surface area contributed by atoms with Crippen LogP contribution in [-0.4, -0.2) is 46.8 Å². The van der Waals surface area contributed by atoms with Gasteiger partial charge < -0.3 is 9.84 Å². The number of halogens is 1. The summed E-state index contributed by atoms with van der Waals surface area (Å²) in [7, 11) is 0. The van der Waals surface area contributed by atoms with Gasteiger partial charge in [0.1, 0.15) is 6.61 Å². The Balaban J connectivity index is 2.16. The third kappa shape index (κ3) is 4.15. The van der Waals surface area contributed by atoms with Crippen molar-refractivity contribution >= 4 is 18.0 Å². The van der Waals surface area contributed by atoms with Crippen molar-refractivity contribution in [3.8, 4) is 0 Å². The van der Waals surface area contributed by atoms with E-state index in [-0.39, 0.29) is 13.0 Å². The number of aliphatic carboxylic acids is 1.